The molecular weight excluding hydrogens is 380 g/mol. The van der Waals surface area contributed by atoms with E-state index in [0.29, 0.717) is 22.3 Å². The number of sulfonamides is 1. The fraction of sp³-hybridized carbons (Fsp3) is 0.300. The number of hydrogen-bond donors (Lipinski definition) is 1. The van der Waals surface area contributed by atoms with Crippen LogP contribution in [0.25, 0.3) is 0 Å². The first-order valence-electron chi connectivity index (χ1n) is 9.00. The average Bonchev–Trinajstić information content (AvgIpc) is 3.06. The number of aryl methyl sites for hydroxylation is 1. The Kier molecular flexibility index (Phi) is 5.69. The van der Waals surface area contributed by atoms with Gasteiger partial charge in [-0.2, -0.15) is 0 Å². The predicted octanol–water partition coefficient (Wildman–Crippen LogP) is 2.71. The fourth-order valence-corrected chi connectivity index (χ4v) is 4.65. The van der Waals surface area contributed by atoms with E-state index >= 15 is 0 Å². The summed E-state index contributed by atoms with van der Waals surface area (Å²) in [6.45, 7) is 4.24. The van der Waals surface area contributed by atoms with Gasteiger partial charge in [-0.25, -0.2) is 12.7 Å². The van der Waals surface area contributed by atoms with Crippen LogP contribution in [0.5, 0.6) is 5.75 Å². The van der Waals surface area contributed by atoms with Crippen LogP contribution >= 0.6 is 0 Å². The molecule has 0 unspecified atom stereocenters. The number of benzene rings is 2. The van der Waals surface area contributed by atoms with E-state index in [9.17, 15) is 18.0 Å². The van der Waals surface area contributed by atoms with Gasteiger partial charge in [-0.15, -0.1) is 0 Å². The molecule has 3 rings (SSSR count). The van der Waals surface area contributed by atoms with E-state index in [2.05, 4.69) is 5.32 Å². The summed E-state index contributed by atoms with van der Waals surface area (Å²) in [4.78, 5) is 25.0. The summed E-state index contributed by atoms with van der Waals surface area (Å²) in [6.07, 6.45) is 0.152. The van der Waals surface area contributed by atoms with E-state index in [1.54, 1.807) is 36.4 Å². The number of nitrogens with one attached hydrogen (secondary N) is 1. The molecule has 0 spiro atoms. The van der Waals surface area contributed by atoms with Crippen molar-refractivity contribution in [3.8, 4) is 5.75 Å². The lowest BCUT2D eigenvalue weighted by atomic mass is 10.2. The molecule has 1 heterocycles. The van der Waals surface area contributed by atoms with Gasteiger partial charge in [0, 0.05) is 12.1 Å². The highest BCUT2D eigenvalue weighted by atomic mass is 32.2. The summed E-state index contributed by atoms with van der Waals surface area (Å²) in [7, 11) is -4.10. The van der Waals surface area contributed by atoms with E-state index < -0.39 is 27.9 Å². The average molecular weight is 402 g/mol. The van der Waals surface area contributed by atoms with Gasteiger partial charge in [0.2, 0.25) is 11.8 Å². The standard InChI is InChI=1S/C20H22N2O5S/c1-3-27-16-8-6-15(7-9-16)21-20(24)18-12-13-19(23)22(18)28(25,26)17-10-4-14(2)5-11-17/h4-11,18H,3,12-13H2,1-2H3,(H,21,24)/t18-/m1/s1. The minimum atomic E-state index is -4.10. The molecule has 0 aromatic heterocycles. The van der Waals surface area contributed by atoms with Crippen molar-refractivity contribution in [1.82, 2.24) is 4.31 Å². The highest BCUT2D eigenvalue weighted by Gasteiger charge is 2.44. The molecule has 7 nitrogen and oxygen atoms in total. The van der Waals surface area contributed by atoms with Crippen LogP contribution < -0.4 is 10.1 Å². The lowest BCUT2D eigenvalue weighted by Crippen LogP contribution is -2.45. The number of amides is 2. The minimum Gasteiger partial charge on any atom is -0.494 e. The van der Waals surface area contributed by atoms with Crippen LogP contribution in [-0.4, -0.2) is 37.2 Å². The number of anilines is 1. The van der Waals surface area contributed by atoms with Crippen molar-refractivity contribution in [2.24, 2.45) is 0 Å². The maximum atomic E-state index is 12.9. The zero-order chi connectivity index (χ0) is 20.3. The molecule has 0 bridgehead atoms. The first-order chi connectivity index (χ1) is 13.3. The molecule has 8 heteroatoms. The number of carbonyl (C=O) groups is 2. The Balaban J connectivity index is 1.81. The van der Waals surface area contributed by atoms with E-state index in [4.69, 9.17) is 4.74 Å². The molecule has 28 heavy (non-hydrogen) atoms. The van der Waals surface area contributed by atoms with Gasteiger partial charge in [-0.3, -0.25) is 9.59 Å². The third-order valence-electron chi connectivity index (χ3n) is 4.47. The molecule has 0 aliphatic carbocycles. The van der Waals surface area contributed by atoms with Gasteiger partial charge < -0.3 is 10.1 Å². The molecule has 148 valence electrons. The Morgan fingerprint density at radius 3 is 2.39 bits per heavy atom. The Morgan fingerprint density at radius 2 is 1.79 bits per heavy atom. The first kappa shape index (κ1) is 19.9. The molecule has 0 saturated carbocycles. The van der Waals surface area contributed by atoms with Crippen molar-refractivity contribution in [1.29, 1.82) is 0 Å². The van der Waals surface area contributed by atoms with E-state index in [0.717, 1.165) is 5.56 Å². The van der Waals surface area contributed by atoms with Crippen LogP contribution in [0.1, 0.15) is 25.3 Å². The summed E-state index contributed by atoms with van der Waals surface area (Å²) in [6, 6.07) is 11.9. The minimum absolute atomic E-state index is 0.00640. The molecule has 1 aliphatic heterocycles. The zero-order valence-electron chi connectivity index (χ0n) is 15.7. The normalized spacial score (nSPS) is 16.9. The van der Waals surface area contributed by atoms with Crippen LogP contribution in [-0.2, 0) is 19.6 Å². The number of nitrogens with zero attached hydrogens (tertiary/aromatic N) is 1. The molecular formula is C20H22N2O5S. The molecule has 2 amide bonds. The number of rotatable bonds is 6. The predicted molar refractivity (Wildman–Crippen MR) is 104 cm³/mol. The monoisotopic (exact) mass is 402 g/mol. The maximum Gasteiger partial charge on any atom is 0.267 e. The van der Waals surface area contributed by atoms with Crippen molar-refractivity contribution < 1.29 is 22.7 Å². The van der Waals surface area contributed by atoms with Gasteiger partial charge in [-0.1, -0.05) is 17.7 Å². The van der Waals surface area contributed by atoms with Crippen molar-refractivity contribution >= 4 is 27.5 Å². The second-order valence-electron chi connectivity index (χ2n) is 6.51. The Bertz CT molecular complexity index is 969. The van der Waals surface area contributed by atoms with Crippen molar-refractivity contribution in [2.75, 3.05) is 11.9 Å². The van der Waals surface area contributed by atoms with E-state index in [1.165, 1.54) is 12.1 Å². The quantitative estimate of drug-likeness (QED) is 0.802. The Morgan fingerprint density at radius 1 is 1.14 bits per heavy atom. The highest BCUT2D eigenvalue weighted by molar-refractivity contribution is 7.89. The summed E-state index contributed by atoms with van der Waals surface area (Å²) < 4.78 is 32.0. The van der Waals surface area contributed by atoms with Crippen molar-refractivity contribution in [3.63, 3.8) is 0 Å². The maximum absolute atomic E-state index is 12.9. The highest BCUT2D eigenvalue weighted by Crippen LogP contribution is 2.28. The van der Waals surface area contributed by atoms with Gasteiger partial charge in [0.15, 0.2) is 0 Å². The first-order valence-corrected chi connectivity index (χ1v) is 10.4. The molecule has 1 atom stereocenters. The van der Waals surface area contributed by atoms with Crippen LogP contribution in [0, 0.1) is 6.92 Å². The molecule has 1 saturated heterocycles. The SMILES string of the molecule is CCOc1ccc(NC(=O)[C@H]2CCC(=O)N2S(=O)(=O)c2ccc(C)cc2)cc1. The molecule has 1 N–H and O–H groups in total. The lowest BCUT2D eigenvalue weighted by molar-refractivity contribution is -0.128. The molecule has 0 radical (unpaired) electrons. The van der Waals surface area contributed by atoms with Crippen LogP contribution in [0.4, 0.5) is 5.69 Å². The summed E-state index contributed by atoms with van der Waals surface area (Å²) >= 11 is 0. The molecule has 1 aliphatic rings. The summed E-state index contributed by atoms with van der Waals surface area (Å²) in [5.41, 5.74) is 1.40. The lowest BCUT2D eigenvalue weighted by Gasteiger charge is -2.23. The van der Waals surface area contributed by atoms with Crippen LogP contribution in [0.15, 0.2) is 53.4 Å². The number of ether oxygens (including phenoxy) is 1. The number of hydrogen-bond acceptors (Lipinski definition) is 5. The van der Waals surface area contributed by atoms with Crippen molar-refractivity contribution in [3.05, 3.63) is 54.1 Å². The third-order valence-corrected chi connectivity index (χ3v) is 6.32. The Labute approximate surface area is 164 Å². The second-order valence-corrected chi connectivity index (χ2v) is 8.32. The van der Waals surface area contributed by atoms with Crippen LogP contribution in [0.2, 0.25) is 0 Å². The fourth-order valence-electron chi connectivity index (χ4n) is 3.05. The van der Waals surface area contributed by atoms with Gasteiger partial charge in [0.1, 0.15) is 11.8 Å². The Hall–Kier alpha value is -2.87. The van der Waals surface area contributed by atoms with Crippen LogP contribution in [0.3, 0.4) is 0 Å². The van der Waals surface area contributed by atoms with E-state index in [-0.39, 0.29) is 17.7 Å². The van der Waals surface area contributed by atoms with E-state index in [1.807, 2.05) is 13.8 Å². The van der Waals surface area contributed by atoms with Gasteiger partial charge in [-0.05, 0) is 56.7 Å². The van der Waals surface area contributed by atoms with Crippen molar-refractivity contribution in [2.45, 2.75) is 37.6 Å². The molecule has 1 fully saturated rings. The smallest absolute Gasteiger partial charge is 0.267 e. The number of carbonyl (C=O) groups excluding carboxylic acids is 2. The van der Waals surface area contributed by atoms with Gasteiger partial charge >= 0.3 is 0 Å². The third kappa shape index (κ3) is 4.01. The summed E-state index contributed by atoms with van der Waals surface area (Å²) in [5.74, 6) is -0.446. The van der Waals surface area contributed by atoms with Gasteiger partial charge in [0.25, 0.3) is 10.0 Å². The molecule has 2 aromatic rings. The molecule has 2 aromatic carbocycles. The largest absolute Gasteiger partial charge is 0.494 e. The zero-order valence-corrected chi connectivity index (χ0v) is 16.5. The van der Waals surface area contributed by atoms with Gasteiger partial charge in [0.05, 0.1) is 11.5 Å². The second kappa shape index (κ2) is 8.02. The summed E-state index contributed by atoms with van der Waals surface area (Å²) in [5, 5.41) is 2.68. The topological polar surface area (TPSA) is 92.8 Å².